The molecule has 6 heteroatoms. The van der Waals surface area contributed by atoms with E-state index in [1.54, 1.807) is 0 Å². The number of anilines is 1. The maximum Gasteiger partial charge on any atom is 0.341 e. The van der Waals surface area contributed by atoms with Gasteiger partial charge in [-0.3, -0.25) is 4.79 Å². The van der Waals surface area contributed by atoms with E-state index in [0.29, 0.717) is 22.8 Å². The van der Waals surface area contributed by atoms with Crippen LogP contribution in [0.2, 0.25) is 0 Å². The number of amides is 1. The predicted octanol–water partition coefficient (Wildman–Crippen LogP) is 6.92. The first kappa shape index (κ1) is 23.8. The minimum Gasteiger partial charge on any atom is -0.465 e. The first-order chi connectivity index (χ1) is 16.3. The van der Waals surface area contributed by atoms with Gasteiger partial charge in [0.15, 0.2) is 0 Å². The standard InChI is InChI=1S/C28H30N2O3S/c1-7-19-11-12-23-21(14-19)18(5)25(30(23)8-2)26(31)29-27-24(28(32)33-6)22(15-34-27)20-13-16(3)9-10-17(20)4/h9-15H,7-8H2,1-6H3,(H,29,31). The second kappa shape index (κ2) is 9.47. The van der Waals surface area contributed by atoms with Gasteiger partial charge in [0.05, 0.1) is 7.11 Å². The molecule has 0 radical (unpaired) electrons. The maximum atomic E-state index is 13.6. The summed E-state index contributed by atoms with van der Waals surface area (Å²) < 4.78 is 7.15. The molecule has 1 N–H and O–H groups in total. The van der Waals surface area contributed by atoms with Crippen molar-refractivity contribution in [3.8, 4) is 11.1 Å². The van der Waals surface area contributed by atoms with E-state index in [-0.39, 0.29) is 5.91 Å². The molecule has 0 saturated heterocycles. The predicted molar refractivity (Wildman–Crippen MR) is 140 cm³/mol. The first-order valence-corrected chi connectivity index (χ1v) is 12.4. The fourth-order valence-corrected chi connectivity index (χ4v) is 5.50. The van der Waals surface area contributed by atoms with E-state index in [4.69, 9.17) is 4.74 Å². The molecule has 34 heavy (non-hydrogen) atoms. The number of carbonyl (C=O) groups excluding carboxylic acids is 2. The van der Waals surface area contributed by atoms with E-state index >= 15 is 0 Å². The summed E-state index contributed by atoms with van der Waals surface area (Å²) in [4.78, 5) is 26.4. The van der Waals surface area contributed by atoms with Crippen LogP contribution in [0.1, 0.15) is 56.9 Å². The summed E-state index contributed by atoms with van der Waals surface area (Å²) in [5.41, 5.74) is 8.11. The van der Waals surface area contributed by atoms with Gasteiger partial charge < -0.3 is 14.6 Å². The molecule has 0 bridgehead atoms. The molecule has 0 aliphatic rings. The Labute approximate surface area is 204 Å². The molecule has 0 aliphatic carbocycles. The van der Waals surface area contributed by atoms with Crippen LogP contribution in [0.25, 0.3) is 22.0 Å². The second-order valence-electron chi connectivity index (χ2n) is 8.54. The summed E-state index contributed by atoms with van der Waals surface area (Å²) in [6, 6.07) is 12.5. The van der Waals surface area contributed by atoms with Crippen molar-refractivity contribution in [3.63, 3.8) is 0 Å². The number of nitrogens with zero attached hydrogens (tertiary/aromatic N) is 1. The lowest BCUT2D eigenvalue weighted by Gasteiger charge is -2.12. The SMILES string of the molecule is CCc1ccc2c(c1)c(C)c(C(=O)Nc1scc(-c3cc(C)ccc3C)c1C(=O)OC)n2CC. The third-order valence-corrected chi connectivity index (χ3v) is 7.31. The van der Waals surface area contributed by atoms with Gasteiger partial charge in [0, 0.05) is 28.4 Å². The zero-order valence-electron chi connectivity index (χ0n) is 20.5. The van der Waals surface area contributed by atoms with Gasteiger partial charge in [-0.1, -0.05) is 36.8 Å². The number of aryl methyl sites for hydroxylation is 5. The molecule has 5 nitrogen and oxygen atoms in total. The van der Waals surface area contributed by atoms with Crippen molar-refractivity contribution in [2.24, 2.45) is 0 Å². The van der Waals surface area contributed by atoms with E-state index in [0.717, 1.165) is 45.1 Å². The van der Waals surface area contributed by atoms with E-state index < -0.39 is 5.97 Å². The Balaban J connectivity index is 1.81. The van der Waals surface area contributed by atoms with Crippen LogP contribution in [0.5, 0.6) is 0 Å². The quantitative estimate of drug-likeness (QED) is 0.309. The number of methoxy groups -OCH3 is 1. The number of esters is 1. The molecular formula is C28H30N2O3S. The lowest BCUT2D eigenvalue weighted by Crippen LogP contribution is -2.19. The van der Waals surface area contributed by atoms with Crippen molar-refractivity contribution < 1.29 is 14.3 Å². The lowest BCUT2D eigenvalue weighted by atomic mass is 9.97. The number of hydrogen-bond donors (Lipinski definition) is 1. The van der Waals surface area contributed by atoms with Crippen LogP contribution in [0, 0.1) is 20.8 Å². The molecule has 2 aromatic carbocycles. The number of benzene rings is 2. The Bertz CT molecular complexity index is 1410. The minimum atomic E-state index is -0.465. The van der Waals surface area contributed by atoms with Crippen LogP contribution < -0.4 is 5.32 Å². The number of hydrogen-bond acceptors (Lipinski definition) is 4. The van der Waals surface area contributed by atoms with Crippen LogP contribution in [0.15, 0.2) is 41.8 Å². The molecule has 1 amide bonds. The van der Waals surface area contributed by atoms with E-state index in [1.807, 2.05) is 49.8 Å². The monoisotopic (exact) mass is 474 g/mol. The van der Waals surface area contributed by atoms with Gasteiger partial charge in [0.25, 0.3) is 5.91 Å². The van der Waals surface area contributed by atoms with Crippen molar-refractivity contribution >= 4 is 39.1 Å². The molecule has 0 aliphatic heterocycles. The second-order valence-corrected chi connectivity index (χ2v) is 9.42. The highest BCUT2D eigenvalue weighted by atomic mass is 32.1. The van der Waals surface area contributed by atoms with Crippen molar-refractivity contribution in [2.75, 3.05) is 12.4 Å². The molecular weight excluding hydrogens is 444 g/mol. The van der Waals surface area contributed by atoms with Gasteiger partial charge in [-0.25, -0.2) is 4.79 Å². The summed E-state index contributed by atoms with van der Waals surface area (Å²) in [6.45, 7) is 10.8. The van der Waals surface area contributed by atoms with Crippen LogP contribution in [-0.2, 0) is 17.7 Å². The Morgan fingerprint density at radius 3 is 2.47 bits per heavy atom. The number of ether oxygens (including phenoxy) is 1. The largest absolute Gasteiger partial charge is 0.465 e. The number of aromatic nitrogens is 1. The summed E-state index contributed by atoms with van der Waals surface area (Å²) in [7, 11) is 1.36. The highest BCUT2D eigenvalue weighted by Crippen LogP contribution is 2.38. The fourth-order valence-electron chi connectivity index (χ4n) is 4.55. The summed E-state index contributed by atoms with van der Waals surface area (Å²) >= 11 is 1.34. The molecule has 0 fully saturated rings. The number of fused-ring (bicyclic) bond motifs is 1. The first-order valence-electron chi connectivity index (χ1n) is 11.5. The lowest BCUT2D eigenvalue weighted by molar-refractivity contribution is 0.0603. The van der Waals surface area contributed by atoms with E-state index in [9.17, 15) is 9.59 Å². The fraction of sp³-hybridized carbons (Fsp3) is 0.286. The molecule has 0 spiro atoms. The topological polar surface area (TPSA) is 60.3 Å². The van der Waals surface area contributed by atoms with Crippen LogP contribution >= 0.6 is 11.3 Å². The van der Waals surface area contributed by atoms with E-state index in [1.165, 1.54) is 24.0 Å². The van der Waals surface area contributed by atoms with Gasteiger partial charge in [-0.05, 0) is 68.5 Å². The smallest absolute Gasteiger partial charge is 0.341 e. The summed E-state index contributed by atoms with van der Waals surface area (Å²) in [5.74, 6) is -0.694. The van der Waals surface area contributed by atoms with E-state index in [2.05, 4.69) is 36.5 Å². The number of rotatable bonds is 6. The Morgan fingerprint density at radius 1 is 1.03 bits per heavy atom. The van der Waals surface area contributed by atoms with Gasteiger partial charge >= 0.3 is 5.97 Å². The number of thiophene rings is 1. The zero-order valence-corrected chi connectivity index (χ0v) is 21.4. The molecule has 0 unspecified atom stereocenters. The van der Waals surface area contributed by atoms with Crippen LogP contribution in [0.4, 0.5) is 5.00 Å². The normalized spacial score (nSPS) is 11.1. The van der Waals surface area contributed by atoms with Crippen LogP contribution in [0.3, 0.4) is 0 Å². The molecule has 176 valence electrons. The zero-order chi connectivity index (χ0) is 24.6. The third-order valence-electron chi connectivity index (χ3n) is 6.41. The van der Waals surface area contributed by atoms with Crippen molar-refractivity contribution in [2.45, 2.75) is 47.6 Å². The molecule has 2 aromatic heterocycles. The van der Waals surface area contributed by atoms with Gasteiger partial charge in [0.1, 0.15) is 16.3 Å². The maximum absolute atomic E-state index is 13.6. The van der Waals surface area contributed by atoms with Crippen molar-refractivity contribution in [1.29, 1.82) is 0 Å². The molecule has 4 aromatic rings. The average molecular weight is 475 g/mol. The Morgan fingerprint density at radius 2 is 1.79 bits per heavy atom. The molecule has 2 heterocycles. The average Bonchev–Trinajstić information content (AvgIpc) is 3.37. The summed E-state index contributed by atoms with van der Waals surface area (Å²) in [6.07, 6.45) is 0.938. The molecule has 0 saturated carbocycles. The minimum absolute atomic E-state index is 0.229. The third kappa shape index (κ3) is 4.03. The highest BCUT2D eigenvalue weighted by molar-refractivity contribution is 7.15. The van der Waals surface area contributed by atoms with Crippen molar-refractivity contribution in [3.05, 3.63) is 75.3 Å². The Kier molecular flexibility index (Phi) is 6.62. The number of nitrogens with one attached hydrogen (secondary N) is 1. The number of carbonyl (C=O) groups is 2. The highest BCUT2D eigenvalue weighted by Gasteiger charge is 2.26. The summed E-state index contributed by atoms with van der Waals surface area (Å²) in [5, 5.41) is 6.53. The van der Waals surface area contributed by atoms with Crippen LogP contribution in [-0.4, -0.2) is 23.6 Å². The van der Waals surface area contributed by atoms with Gasteiger partial charge in [-0.15, -0.1) is 11.3 Å². The molecule has 0 atom stereocenters. The Hall–Kier alpha value is -3.38. The molecule has 4 rings (SSSR count). The van der Waals surface area contributed by atoms with Gasteiger partial charge in [0.2, 0.25) is 0 Å². The van der Waals surface area contributed by atoms with Gasteiger partial charge in [-0.2, -0.15) is 0 Å². The van der Waals surface area contributed by atoms with Crippen molar-refractivity contribution in [1.82, 2.24) is 4.57 Å².